The molecule has 0 spiro atoms. The van der Waals surface area contributed by atoms with Crippen LogP contribution in [0.15, 0.2) is 11.6 Å². The number of carboxylic acids is 1. The van der Waals surface area contributed by atoms with Crippen LogP contribution in [0.4, 0.5) is 0 Å². The van der Waals surface area contributed by atoms with Gasteiger partial charge in [-0.15, -0.1) is 0 Å². The largest absolute Gasteiger partial charge is 0.478 e. The third-order valence-corrected chi connectivity index (χ3v) is 1.04. The third kappa shape index (κ3) is 2.87. The van der Waals surface area contributed by atoms with Crippen LogP contribution in [-0.4, -0.2) is 17.6 Å². The van der Waals surface area contributed by atoms with E-state index in [2.05, 4.69) is 0 Å². The maximum atomic E-state index is 10.2. The lowest BCUT2D eigenvalue weighted by molar-refractivity contribution is -0.132. The van der Waals surface area contributed by atoms with E-state index in [0.29, 0.717) is 18.5 Å². The molecule has 0 aromatic rings. The topological polar surface area (TPSA) is 63.3 Å². The average Bonchev–Trinajstić information content (AvgIpc) is 1.82. The number of carbonyl (C=O) groups is 1. The smallest absolute Gasteiger partial charge is 0.331 e. The van der Waals surface area contributed by atoms with Crippen LogP contribution in [0.25, 0.3) is 0 Å². The van der Waals surface area contributed by atoms with Crippen molar-refractivity contribution in [1.29, 1.82) is 0 Å². The van der Waals surface area contributed by atoms with Crippen molar-refractivity contribution >= 4 is 5.97 Å². The van der Waals surface area contributed by atoms with Crippen molar-refractivity contribution in [3.8, 4) is 0 Å². The van der Waals surface area contributed by atoms with Crippen LogP contribution in [0.3, 0.4) is 0 Å². The van der Waals surface area contributed by atoms with Gasteiger partial charge in [-0.2, -0.15) is 0 Å². The Balaban J connectivity index is 3.85. The quantitative estimate of drug-likeness (QED) is 0.541. The number of hydrogen-bond acceptors (Lipinski definition) is 2. The van der Waals surface area contributed by atoms with Crippen molar-refractivity contribution in [3.63, 3.8) is 0 Å². The molecule has 0 fully saturated rings. The van der Waals surface area contributed by atoms with Crippen LogP contribution >= 0.6 is 0 Å². The zero-order valence-electron chi connectivity index (χ0n) is 5.42. The molecule has 3 nitrogen and oxygen atoms in total. The van der Waals surface area contributed by atoms with Crippen LogP contribution in [0.1, 0.15) is 13.3 Å². The van der Waals surface area contributed by atoms with Gasteiger partial charge in [0.2, 0.25) is 0 Å². The molecule has 0 bridgehead atoms. The van der Waals surface area contributed by atoms with Crippen molar-refractivity contribution in [2.45, 2.75) is 13.3 Å². The Labute approximate surface area is 54.2 Å². The predicted octanol–water partition coefficient (Wildman–Crippen LogP) is 0.366. The third-order valence-electron chi connectivity index (χ3n) is 1.04. The number of aliphatic carboxylic acids is 1. The highest BCUT2D eigenvalue weighted by Gasteiger charge is 2.02. The molecule has 0 aromatic heterocycles. The van der Waals surface area contributed by atoms with Crippen molar-refractivity contribution in [1.82, 2.24) is 0 Å². The summed E-state index contributed by atoms with van der Waals surface area (Å²) in [7, 11) is 0. The molecule has 52 valence electrons. The van der Waals surface area contributed by atoms with Crippen molar-refractivity contribution in [2.75, 3.05) is 6.54 Å². The van der Waals surface area contributed by atoms with E-state index >= 15 is 0 Å². The fourth-order valence-corrected chi connectivity index (χ4v) is 0.530. The van der Waals surface area contributed by atoms with Gasteiger partial charge in [0.05, 0.1) is 0 Å². The molecule has 3 heteroatoms. The molecule has 0 atom stereocenters. The summed E-state index contributed by atoms with van der Waals surface area (Å²) in [5.41, 5.74) is 5.53. The SMILES string of the molecule is C/C=C(\CCN)C(=O)O. The number of nitrogens with two attached hydrogens (primary N) is 1. The first-order valence-corrected chi connectivity index (χ1v) is 2.81. The minimum absolute atomic E-state index is 0.387. The molecule has 0 unspecified atom stereocenters. The Morgan fingerprint density at radius 2 is 2.33 bits per heavy atom. The Kier molecular flexibility index (Phi) is 3.71. The first-order valence-electron chi connectivity index (χ1n) is 2.81. The van der Waals surface area contributed by atoms with E-state index in [1.807, 2.05) is 0 Å². The Morgan fingerprint density at radius 3 is 2.44 bits per heavy atom. The summed E-state index contributed by atoms with van der Waals surface area (Å²) in [6.45, 7) is 2.09. The highest BCUT2D eigenvalue weighted by molar-refractivity contribution is 5.86. The van der Waals surface area contributed by atoms with Crippen molar-refractivity contribution in [2.24, 2.45) is 5.73 Å². The predicted molar refractivity (Wildman–Crippen MR) is 35.1 cm³/mol. The molecule has 0 amide bonds. The van der Waals surface area contributed by atoms with Gasteiger partial charge >= 0.3 is 5.97 Å². The Hall–Kier alpha value is -0.830. The van der Waals surface area contributed by atoms with Gasteiger partial charge in [-0.05, 0) is 19.9 Å². The fraction of sp³-hybridized carbons (Fsp3) is 0.500. The zero-order valence-corrected chi connectivity index (χ0v) is 5.42. The Morgan fingerprint density at radius 1 is 1.78 bits per heavy atom. The molecular weight excluding hydrogens is 118 g/mol. The molecule has 0 radical (unpaired) electrons. The molecule has 0 aliphatic carbocycles. The second-order valence-electron chi connectivity index (χ2n) is 1.66. The van der Waals surface area contributed by atoms with E-state index in [1.165, 1.54) is 0 Å². The monoisotopic (exact) mass is 129 g/mol. The lowest BCUT2D eigenvalue weighted by atomic mass is 10.2. The molecule has 0 aromatic carbocycles. The van der Waals surface area contributed by atoms with Crippen LogP contribution in [-0.2, 0) is 4.79 Å². The molecule has 0 heterocycles. The Bertz CT molecular complexity index is 129. The normalized spacial score (nSPS) is 11.6. The highest BCUT2D eigenvalue weighted by atomic mass is 16.4. The van der Waals surface area contributed by atoms with Crippen LogP contribution in [0, 0.1) is 0 Å². The second-order valence-corrected chi connectivity index (χ2v) is 1.66. The number of hydrogen-bond donors (Lipinski definition) is 2. The molecule has 0 rings (SSSR count). The summed E-state index contributed by atoms with van der Waals surface area (Å²) in [4.78, 5) is 10.2. The van der Waals surface area contributed by atoms with Gasteiger partial charge in [-0.1, -0.05) is 6.08 Å². The van der Waals surface area contributed by atoms with Gasteiger partial charge < -0.3 is 10.8 Å². The summed E-state index contributed by atoms with van der Waals surface area (Å²) in [6.07, 6.45) is 2.01. The van der Waals surface area contributed by atoms with E-state index in [-0.39, 0.29) is 0 Å². The summed E-state index contributed by atoms with van der Waals surface area (Å²) in [6, 6.07) is 0. The first-order chi connectivity index (χ1) is 4.22. The molecular formula is C6H11NO2. The minimum Gasteiger partial charge on any atom is -0.478 e. The molecule has 9 heavy (non-hydrogen) atoms. The van der Waals surface area contributed by atoms with Gasteiger partial charge in [0.15, 0.2) is 0 Å². The summed E-state index contributed by atoms with van der Waals surface area (Å²) >= 11 is 0. The number of rotatable bonds is 3. The fourth-order valence-electron chi connectivity index (χ4n) is 0.530. The van der Waals surface area contributed by atoms with Crippen molar-refractivity contribution in [3.05, 3.63) is 11.6 Å². The van der Waals surface area contributed by atoms with E-state index in [9.17, 15) is 4.79 Å². The van der Waals surface area contributed by atoms with Gasteiger partial charge in [0.1, 0.15) is 0 Å². The maximum absolute atomic E-state index is 10.2. The van der Waals surface area contributed by atoms with Crippen molar-refractivity contribution < 1.29 is 9.90 Å². The molecule has 0 aliphatic rings. The van der Waals surface area contributed by atoms with Gasteiger partial charge in [-0.3, -0.25) is 0 Å². The molecule has 0 aliphatic heterocycles. The zero-order chi connectivity index (χ0) is 7.28. The van der Waals surface area contributed by atoms with E-state index in [1.54, 1.807) is 13.0 Å². The summed E-state index contributed by atoms with van der Waals surface area (Å²) in [5, 5.41) is 8.38. The van der Waals surface area contributed by atoms with E-state index in [4.69, 9.17) is 10.8 Å². The minimum atomic E-state index is -0.872. The van der Waals surface area contributed by atoms with Crippen LogP contribution in [0.2, 0.25) is 0 Å². The highest BCUT2D eigenvalue weighted by Crippen LogP contribution is 1.97. The van der Waals surface area contributed by atoms with Gasteiger partial charge in [-0.25, -0.2) is 4.79 Å². The molecule has 0 saturated heterocycles. The van der Waals surface area contributed by atoms with Crippen LogP contribution in [0.5, 0.6) is 0 Å². The standard InChI is InChI=1S/C6H11NO2/c1-2-5(3-4-7)6(8)9/h2H,3-4,7H2,1H3,(H,8,9)/b5-2+. The van der Waals surface area contributed by atoms with E-state index in [0.717, 1.165) is 0 Å². The lowest BCUT2D eigenvalue weighted by Crippen LogP contribution is -2.07. The maximum Gasteiger partial charge on any atom is 0.331 e. The van der Waals surface area contributed by atoms with E-state index < -0.39 is 5.97 Å². The first kappa shape index (κ1) is 8.17. The molecule has 0 saturated carbocycles. The summed E-state index contributed by atoms with van der Waals surface area (Å²) < 4.78 is 0. The van der Waals surface area contributed by atoms with Gasteiger partial charge in [0, 0.05) is 5.57 Å². The lowest BCUT2D eigenvalue weighted by Gasteiger charge is -1.95. The molecule has 3 N–H and O–H groups in total. The number of carboxylic acid groups (broad SMARTS) is 1. The van der Waals surface area contributed by atoms with Gasteiger partial charge in [0.25, 0.3) is 0 Å². The number of allylic oxidation sites excluding steroid dienone is 1. The summed E-state index contributed by atoms with van der Waals surface area (Å²) in [5.74, 6) is -0.872. The second kappa shape index (κ2) is 4.09. The van der Waals surface area contributed by atoms with Crippen LogP contribution < -0.4 is 5.73 Å². The average molecular weight is 129 g/mol.